The normalized spacial score (nSPS) is 28.4. The fourth-order valence-corrected chi connectivity index (χ4v) is 3.60. The Balaban J connectivity index is 2.06. The molecule has 2 rings (SSSR count). The summed E-state index contributed by atoms with van der Waals surface area (Å²) in [6.07, 6.45) is 0.834. The summed E-state index contributed by atoms with van der Waals surface area (Å²) in [6.45, 7) is 3.02. The smallest absolute Gasteiger partial charge is 0.240 e. The molecule has 0 bridgehead atoms. The van der Waals surface area contributed by atoms with E-state index >= 15 is 0 Å². The molecule has 0 aromatic heterocycles. The first kappa shape index (κ1) is 14.0. The van der Waals surface area contributed by atoms with Crippen molar-refractivity contribution in [3.8, 4) is 0 Å². The minimum Gasteiger partial charge on any atom is -0.366 e. The molecule has 2 atom stereocenters. The minimum absolute atomic E-state index is 0.108. The lowest BCUT2D eigenvalue weighted by atomic mass is 9.90. The molecule has 0 spiro atoms. The zero-order valence-corrected chi connectivity index (χ0v) is 12.5. The van der Waals surface area contributed by atoms with Gasteiger partial charge in [-0.05, 0) is 18.6 Å². The summed E-state index contributed by atoms with van der Waals surface area (Å²) in [5.74, 6) is 0. The van der Waals surface area contributed by atoms with Gasteiger partial charge in [-0.3, -0.25) is 0 Å². The molecule has 6 heteroatoms. The molecule has 100 valence electrons. The number of hydrogen-bond acceptors (Lipinski definition) is 3. The second-order valence-corrected chi connectivity index (χ2v) is 7.33. The third-order valence-corrected chi connectivity index (χ3v) is 5.99. The third kappa shape index (κ3) is 2.93. The van der Waals surface area contributed by atoms with E-state index in [9.17, 15) is 8.42 Å². The van der Waals surface area contributed by atoms with Gasteiger partial charge in [-0.1, -0.05) is 41.1 Å². The van der Waals surface area contributed by atoms with Gasteiger partial charge in [-0.25, -0.2) is 13.1 Å². The largest absolute Gasteiger partial charge is 0.366 e. The van der Waals surface area contributed by atoms with E-state index < -0.39 is 10.0 Å². The summed E-state index contributed by atoms with van der Waals surface area (Å²) in [5, 5.41) is -0.108. The van der Waals surface area contributed by atoms with Crippen LogP contribution in [-0.2, 0) is 14.8 Å². The van der Waals surface area contributed by atoms with Gasteiger partial charge in [0, 0.05) is 18.6 Å². The number of halogens is 1. The molecule has 1 heterocycles. The van der Waals surface area contributed by atoms with E-state index in [1.165, 1.54) is 0 Å². The Bertz CT molecular complexity index is 505. The summed E-state index contributed by atoms with van der Waals surface area (Å²) in [6, 6.07) is 8.38. The van der Waals surface area contributed by atoms with Crippen molar-refractivity contribution in [3.63, 3.8) is 0 Å². The Labute approximate surface area is 116 Å². The van der Waals surface area contributed by atoms with Crippen LogP contribution in [0.3, 0.4) is 0 Å². The second kappa shape index (κ2) is 5.28. The third-order valence-electron chi connectivity index (χ3n) is 3.20. The summed E-state index contributed by atoms with van der Waals surface area (Å²) in [5.41, 5.74) is -0.206. The van der Waals surface area contributed by atoms with Crippen molar-refractivity contribution in [2.45, 2.75) is 23.3 Å². The molecule has 0 radical (unpaired) electrons. The highest BCUT2D eigenvalue weighted by Gasteiger charge is 2.39. The first-order valence-electron chi connectivity index (χ1n) is 5.74. The van der Waals surface area contributed by atoms with Crippen LogP contribution in [0.4, 0.5) is 0 Å². The maximum atomic E-state index is 12.1. The first-order chi connectivity index (χ1) is 8.44. The lowest BCUT2D eigenvalue weighted by Gasteiger charge is -2.26. The topological polar surface area (TPSA) is 55.4 Å². The van der Waals surface area contributed by atoms with Crippen LogP contribution < -0.4 is 4.72 Å². The predicted molar refractivity (Wildman–Crippen MR) is 73.0 cm³/mol. The molecule has 1 aromatic rings. The van der Waals surface area contributed by atoms with Gasteiger partial charge in [-0.15, -0.1) is 0 Å². The molecule has 1 aliphatic heterocycles. The molecular weight excluding hydrogens is 318 g/mol. The van der Waals surface area contributed by atoms with Gasteiger partial charge in [0.15, 0.2) is 0 Å². The Kier molecular flexibility index (Phi) is 4.11. The van der Waals surface area contributed by atoms with Crippen molar-refractivity contribution >= 4 is 26.0 Å². The average Bonchev–Trinajstić information content (AvgIpc) is 2.69. The Morgan fingerprint density at radius 2 is 2.11 bits per heavy atom. The van der Waals surface area contributed by atoms with Crippen LogP contribution in [-0.4, -0.2) is 26.6 Å². The highest BCUT2D eigenvalue weighted by atomic mass is 79.9. The zero-order chi connectivity index (χ0) is 13.2. The van der Waals surface area contributed by atoms with E-state index in [0.717, 1.165) is 6.42 Å². The van der Waals surface area contributed by atoms with Crippen LogP contribution in [0.5, 0.6) is 0 Å². The molecular formula is C12H16BrNO3S. The highest BCUT2D eigenvalue weighted by Crippen LogP contribution is 2.37. The number of ether oxygens (including phenoxy) is 1. The van der Waals surface area contributed by atoms with Crippen LogP contribution in [0.1, 0.15) is 13.3 Å². The maximum absolute atomic E-state index is 12.1. The van der Waals surface area contributed by atoms with Gasteiger partial charge in [0.1, 0.15) is 5.01 Å². The van der Waals surface area contributed by atoms with E-state index in [1.54, 1.807) is 30.3 Å². The SMILES string of the molecule is C[C@]1(CNS(=O)(=O)c2ccccc2)CCO[C@@H]1Br. The van der Waals surface area contributed by atoms with Crippen molar-refractivity contribution in [1.82, 2.24) is 4.72 Å². The highest BCUT2D eigenvalue weighted by molar-refractivity contribution is 9.09. The van der Waals surface area contributed by atoms with E-state index in [0.29, 0.717) is 18.0 Å². The van der Waals surface area contributed by atoms with Crippen LogP contribution >= 0.6 is 15.9 Å². The van der Waals surface area contributed by atoms with Crippen molar-refractivity contribution < 1.29 is 13.2 Å². The predicted octanol–water partition coefficient (Wildman–Crippen LogP) is 2.11. The summed E-state index contributed by atoms with van der Waals surface area (Å²) >= 11 is 3.43. The van der Waals surface area contributed by atoms with Crippen molar-refractivity contribution in [1.29, 1.82) is 0 Å². The Hall–Kier alpha value is -0.430. The fourth-order valence-electron chi connectivity index (χ4n) is 1.82. The molecule has 1 saturated heterocycles. The van der Waals surface area contributed by atoms with Gasteiger partial charge in [0.25, 0.3) is 0 Å². The number of alkyl halides is 1. The van der Waals surface area contributed by atoms with E-state index in [2.05, 4.69) is 20.7 Å². The minimum atomic E-state index is -3.44. The number of sulfonamides is 1. The monoisotopic (exact) mass is 333 g/mol. The van der Waals surface area contributed by atoms with E-state index in [-0.39, 0.29) is 10.4 Å². The van der Waals surface area contributed by atoms with Crippen LogP contribution in [0.2, 0.25) is 0 Å². The average molecular weight is 334 g/mol. The fraction of sp³-hybridized carbons (Fsp3) is 0.500. The molecule has 1 aromatic carbocycles. The molecule has 0 aliphatic carbocycles. The molecule has 0 unspecified atom stereocenters. The lowest BCUT2D eigenvalue weighted by molar-refractivity contribution is 0.136. The van der Waals surface area contributed by atoms with Crippen molar-refractivity contribution in [2.24, 2.45) is 5.41 Å². The molecule has 4 nitrogen and oxygen atoms in total. The number of hydrogen-bond donors (Lipinski definition) is 1. The zero-order valence-electron chi connectivity index (χ0n) is 10.1. The Morgan fingerprint density at radius 1 is 1.44 bits per heavy atom. The molecule has 1 aliphatic rings. The van der Waals surface area contributed by atoms with Gasteiger partial charge in [0.2, 0.25) is 10.0 Å². The van der Waals surface area contributed by atoms with Gasteiger partial charge >= 0.3 is 0 Å². The lowest BCUT2D eigenvalue weighted by Crippen LogP contribution is -2.38. The number of rotatable bonds is 4. The molecule has 1 fully saturated rings. The van der Waals surface area contributed by atoms with Crippen molar-refractivity contribution in [2.75, 3.05) is 13.2 Å². The van der Waals surface area contributed by atoms with E-state index in [1.807, 2.05) is 6.92 Å². The quantitative estimate of drug-likeness (QED) is 0.858. The van der Waals surface area contributed by atoms with Gasteiger partial charge in [0.05, 0.1) is 4.90 Å². The van der Waals surface area contributed by atoms with Gasteiger partial charge in [-0.2, -0.15) is 0 Å². The van der Waals surface area contributed by atoms with Gasteiger partial charge < -0.3 is 4.74 Å². The maximum Gasteiger partial charge on any atom is 0.240 e. The summed E-state index contributed by atoms with van der Waals surface area (Å²) < 4.78 is 32.2. The molecule has 18 heavy (non-hydrogen) atoms. The molecule has 1 N–H and O–H groups in total. The second-order valence-electron chi connectivity index (χ2n) is 4.73. The first-order valence-corrected chi connectivity index (χ1v) is 8.14. The van der Waals surface area contributed by atoms with Crippen molar-refractivity contribution in [3.05, 3.63) is 30.3 Å². The van der Waals surface area contributed by atoms with Crippen LogP contribution in [0.25, 0.3) is 0 Å². The van der Waals surface area contributed by atoms with Crippen LogP contribution in [0, 0.1) is 5.41 Å². The molecule has 0 saturated carbocycles. The van der Waals surface area contributed by atoms with Crippen LogP contribution in [0.15, 0.2) is 35.2 Å². The summed E-state index contributed by atoms with van der Waals surface area (Å²) in [4.78, 5) is 0.290. The summed E-state index contributed by atoms with van der Waals surface area (Å²) in [7, 11) is -3.44. The number of nitrogens with one attached hydrogen (secondary N) is 1. The molecule has 0 amide bonds. The van der Waals surface area contributed by atoms with E-state index in [4.69, 9.17) is 4.74 Å². The standard InChI is InChI=1S/C12H16BrNO3S/c1-12(7-8-17-11(12)13)9-14-18(15,16)10-5-3-2-4-6-10/h2-6,11,14H,7-9H2,1H3/t11-,12+/m0/s1. The Morgan fingerprint density at radius 3 is 2.67 bits per heavy atom. The number of benzene rings is 1.